The number of rotatable bonds is 2. The van der Waals surface area contributed by atoms with Crippen molar-refractivity contribution >= 4 is 10.1 Å². The molecule has 0 spiro atoms. The highest BCUT2D eigenvalue weighted by Crippen LogP contribution is 2.29. The molecule has 88 valence electrons. The number of hydrogen-bond acceptors (Lipinski definition) is 3. The molecule has 0 bridgehead atoms. The largest absolute Gasteiger partial charge is 0.507 e. The van der Waals surface area contributed by atoms with Crippen molar-refractivity contribution in [2.24, 2.45) is 0 Å². The highest BCUT2D eigenvalue weighted by Gasteiger charge is 2.11. The van der Waals surface area contributed by atoms with Gasteiger partial charge in [-0.15, -0.1) is 0 Å². The van der Waals surface area contributed by atoms with Gasteiger partial charge in [0.2, 0.25) is 0 Å². The summed E-state index contributed by atoms with van der Waals surface area (Å²) in [6.45, 7) is 0. The number of aromatic hydroxyl groups is 1. The second kappa shape index (κ2) is 4.20. The van der Waals surface area contributed by atoms with Crippen LogP contribution in [0.5, 0.6) is 5.75 Å². The van der Waals surface area contributed by atoms with E-state index >= 15 is 0 Å². The van der Waals surface area contributed by atoms with Crippen molar-refractivity contribution in [1.82, 2.24) is 0 Å². The minimum Gasteiger partial charge on any atom is -0.507 e. The van der Waals surface area contributed by atoms with E-state index in [0.717, 1.165) is 0 Å². The third kappa shape index (κ3) is 2.46. The average Bonchev–Trinajstić information content (AvgIpc) is 2.29. The Morgan fingerprint density at radius 3 is 2.29 bits per heavy atom. The van der Waals surface area contributed by atoms with Gasteiger partial charge in [0.1, 0.15) is 5.75 Å². The number of hydrogen-bond donors (Lipinski definition) is 2. The van der Waals surface area contributed by atoms with E-state index in [9.17, 15) is 13.5 Å². The molecule has 0 aromatic heterocycles. The second-order valence-electron chi connectivity index (χ2n) is 3.52. The summed E-state index contributed by atoms with van der Waals surface area (Å²) in [6.07, 6.45) is 0. The normalized spacial score (nSPS) is 11.4. The van der Waals surface area contributed by atoms with Gasteiger partial charge >= 0.3 is 0 Å². The van der Waals surface area contributed by atoms with Crippen LogP contribution in [0.25, 0.3) is 11.1 Å². The van der Waals surface area contributed by atoms with E-state index < -0.39 is 10.1 Å². The average molecular weight is 250 g/mol. The molecule has 4 nitrogen and oxygen atoms in total. The Balaban J connectivity index is 2.59. The van der Waals surface area contributed by atoms with Crippen molar-refractivity contribution < 1.29 is 18.1 Å². The van der Waals surface area contributed by atoms with Crippen molar-refractivity contribution in [2.75, 3.05) is 0 Å². The van der Waals surface area contributed by atoms with Crippen LogP contribution < -0.4 is 0 Å². The highest BCUT2D eigenvalue weighted by atomic mass is 32.2. The van der Waals surface area contributed by atoms with E-state index in [4.69, 9.17) is 4.55 Å². The van der Waals surface area contributed by atoms with Crippen LogP contribution in [0.2, 0.25) is 0 Å². The van der Waals surface area contributed by atoms with Crippen LogP contribution in [0.1, 0.15) is 0 Å². The minimum atomic E-state index is -4.23. The number of para-hydroxylation sites is 1. The van der Waals surface area contributed by atoms with Crippen LogP contribution in [0.3, 0.4) is 0 Å². The standard InChI is InChI=1S/C12H10O4S/c13-12-7-2-1-6-11(12)9-4-3-5-10(8-9)17(14,15)16/h1-8,13H,(H,14,15,16). The van der Waals surface area contributed by atoms with Crippen molar-refractivity contribution in [1.29, 1.82) is 0 Å². The lowest BCUT2D eigenvalue weighted by molar-refractivity contribution is 0.476. The zero-order valence-electron chi connectivity index (χ0n) is 8.74. The predicted molar refractivity (Wildman–Crippen MR) is 63.4 cm³/mol. The molecule has 0 aliphatic carbocycles. The van der Waals surface area contributed by atoms with Gasteiger partial charge in [-0.3, -0.25) is 4.55 Å². The van der Waals surface area contributed by atoms with Gasteiger partial charge in [-0.25, -0.2) is 0 Å². The molecule has 0 atom stereocenters. The Morgan fingerprint density at radius 1 is 0.941 bits per heavy atom. The zero-order valence-corrected chi connectivity index (χ0v) is 9.55. The second-order valence-corrected chi connectivity index (χ2v) is 4.94. The molecule has 0 radical (unpaired) electrons. The first-order chi connectivity index (χ1) is 7.98. The smallest absolute Gasteiger partial charge is 0.294 e. The molecule has 0 aliphatic heterocycles. The summed E-state index contributed by atoms with van der Waals surface area (Å²) in [5.74, 6) is 0.0555. The Bertz CT molecular complexity index is 647. The molecule has 2 rings (SSSR count). The molecule has 17 heavy (non-hydrogen) atoms. The van der Waals surface area contributed by atoms with E-state index in [-0.39, 0.29) is 10.6 Å². The fraction of sp³-hybridized carbons (Fsp3) is 0. The summed E-state index contributed by atoms with van der Waals surface area (Å²) in [7, 11) is -4.23. The maximum Gasteiger partial charge on any atom is 0.294 e. The lowest BCUT2D eigenvalue weighted by atomic mass is 10.1. The Hall–Kier alpha value is -1.85. The van der Waals surface area contributed by atoms with Crippen LogP contribution in [-0.4, -0.2) is 18.1 Å². The van der Waals surface area contributed by atoms with Gasteiger partial charge in [0.15, 0.2) is 0 Å². The van der Waals surface area contributed by atoms with Gasteiger partial charge < -0.3 is 5.11 Å². The number of benzene rings is 2. The Kier molecular flexibility index (Phi) is 2.87. The molecule has 2 N–H and O–H groups in total. The third-order valence-electron chi connectivity index (χ3n) is 2.35. The van der Waals surface area contributed by atoms with E-state index in [0.29, 0.717) is 11.1 Å². The summed E-state index contributed by atoms with van der Waals surface area (Å²) in [6, 6.07) is 12.3. The number of phenolic OH excluding ortho intramolecular Hbond substituents is 1. The fourth-order valence-corrected chi connectivity index (χ4v) is 2.07. The van der Waals surface area contributed by atoms with Crippen LogP contribution in [0, 0.1) is 0 Å². The molecule has 0 heterocycles. The molecule has 0 aliphatic rings. The SMILES string of the molecule is O=S(=O)(O)c1cccc(-c2ccccc2O)c1. The molecule has 0 amide bonds. The summed E-state index contributed by atoms with van der Waals surface area (Å²) >= 11 is 0. The summed E-state index contributed by atoms with van der Waals surface area (Å²) < 4.78 is 30.9. The summed E-state index contributed by atoms with van der Waals surface area (Å²) in [5, 5.41) is 9.65. The van der Waals surface area contributed by atoms with Crippen molar-refractivity contribution in [3.05, 3.63) is 48.5 Å². The molecule has 5 heteroatoms. The van der Waals surface area contributed by atoms with E-state index in [1.54, 1.807) is 24.3 Å². The zero-order chi connectivity index (χ0) is 12.5. The van der Waals surface area contributed by atoms with Gasteiger partial charge in [-0.1, -0.05) is 30.3 Å². The van der Waals surface area contributed by atoms with Crippen LogP contribution in [0.15, 0.2) is 53.4 Å². The molecule has 0 unspecified atom stereocenters. The van der Waals surface area contributed by atoms with Gasteiger partial charge in [-0.2, -0.15) is 8.42 Å². The van der Waals surface area contributed by atoms with E-state index in [1.165, 1.54) is 24.3 Å². The third-order valence-corrected chi connectivity index (χ3v) is 3.20. The van der Waals surface area contributed by atoms with E-state index in [1.807, 2.05) is 0 Å². The number of phenols is 1. The van der Waals surface area contributed by atoms with Crippen molar-refractivity contribution in [3.8, 4) is 16.9 Å². The quantitative estimate of drug-likeness (QED) is 0.802. The maximum atomic E-state index is 11.0. The van der Waals surface area contributed by atoms with Gasteiger partial charge in [0, 0.05) is 5.56 Å². The monoisotopic (exact) mass is 250 g/mol. The first kappa shape index (κ1) is 11.6. The maximum absolute atomic E-state index is 11.0. The summed E-state index contributed by atoms with van der Waals surface area (Å²) in [4.78, 5) is -0.196. The first-order valence-electron chi connectivity index (χ1n) is 4.84. The topological polar surface area (TPSA) is 74.6 Å². The molecule has 2 aromatic rings. The van der Waals surface area contributed by atoms with Crippen molar-refractivity contribution in [2.45, 2.75) is 4.90 Å². The first-order valence-corrected chi connectivity index (χ1v) is 6.28. The summed E-state index contributed by atoms with van der Waals surface area (Å²) in [5.41, 5.74) is 1.04. The van der Waals surface area contributed by atoms with E-state index in [2.05, 4.69) is 0 Å². The molecule has 0 saturated carbocycles. The van der Waals surface area contributed by atoms with Gasteiger partial charge in [0.25, 0.3) is 10.1 Å². The lowest BCUT2D eigenvalue weighted by Gasteiger charge is -2.05. The lowest BCUT2D eigenvalue weighted by Crippen LogP contribution is -1.97. The fourth-order valence-electron chi connectivity index (χ4n) is 1.54. The molecular formula is C12H10O4S. The Morgan fingerprint density at radius 2 is 1.65 bits per heavy atom. The molecular weight excluding hydrogens is 240 g/mol. The predicted octanol–water partition coefficient (Wildman–Crippen LogP) is 2.31. The highest BCUT2D eigenvalue weighted by molar-refractivity contribution is 7.85. The van der Waals surface area contributed by atoms with Crippen LogP contribution >= 0.6 is 0 Å². The molecule has 2 aromatic carbocycles. The van der Waals surface area contributed by atoms with Crippen LogP contribution in [0.4, 0.5) is 0 Å². The van der Waals surface area contributed by atoms with Crippen molar-refractivity contribution in [3.63, 3.8) is 0 Å². The van der Waals surface area contributed by atoms with Gasteiger partial charge in [0.05, 0.1) is 4.90 Å². The molecule has 0 saturated heterocycles. The van der Waals surface area contributed by atoms with Gasteiger partial charge in [-0.05, 0) is 23.8 Å². The molecule has 0 fully saturated rings. The Labute approximate surface area is 98.9 Å². The minimum absolute atomic E-state index is 0.0555. The van der Waals surface area contributed by atoms with Crippen LogP contribution in [-0.2, 0) is 10.1 Å².